The number of rotatable bonds is 8. The molecule has 0 saturated heterocycles. The highest BCUT2D eigenvalue weighted by molar-refractivity contribution is 5.93. The third kappa shape index (κ3) is 5.63. The maximum Gasteiger partial charge on any atom is 0.227 e. The van der Waals surface area contributed by atoms with Crippen LogP contribution >= 0.6 is 0 Å². The van der Waals surface area contributed by atoms with E-state index in [9.17, 15) is 14.0 Å². The van der Waals surface area contributed by atoms with Gasteiger partial charge in [-0.1, -0.05) is 5.16 Å². The number of nitrogens with one attached hydrogen (secondary N) is 2. The molecule has 0 atom stereocenters. The maximum atomic E-state index is 13.7. The summed E-state index contributed by atoms with van der Waals surface area (Å²) in [5, 5.41) is 8.95. The average molecular weight is 412 g/mol. The van der Waals surface area contributed by atoms with Gasteiger partial charge in [-0.2, -0.15) is 4.98 Å². The molecule has 30 heavy (non-hydrogen) atoms. The van der Waals surface area contributed by atoms with Crippen molar-refractivity contribution in [1.29, 1.82) is 0 Å². The number of ether oxygens (including phenoxy) is 1. The number of carbonyl (C=O) groups is 2. The predicted molar refractivity (Wildman–Crippen MR) is 109 cm³/mol. The molecule has 0 radical (unpaired) electrons. The molecule has 1 aromatic heterocycles. The first kappa shape index (κ1) is 21.0. The molecule has 3 rings (SSSR count). The van der Waals surface area contributed by atoms with Crippen molar-refractivity contribution in [3.8, 4) is 17.1 Å². The monoisotopic (exact) mass is 412 g/mol. The number of hydrogen-bond acceptors (Lipinski definition) is 6. The number of aromatic nitrogens is 2. The van der Waals surface area contributed by atoms with Crippen molar-refractivity contribution in [3.63, 3.8) is 0 Å². The minimum Gasteiger partial charge on any atom is -0.494 e. The fourth-order valence-corrected chi connectivity index (χ4v) is 2.67. The van der Waals surface area contributed by atoms with Gasteiger partial charge in [0, 0.05) is 31.0 Å². The van der Waals surface area contributed by atoms with Gasteiger partial charge in [0.1, 0.15) is 11.6 Å². The van der Waals surface area contributed by atoms with Crippen molar-refractivity contribution in [1.82, 2.24) is 10.1 Å². The molecule has 0 saturated carbocycles. The number of aryl methyl sites for hydroxylation is 1. The first-order valence-corrected chi connectivity index (χ1v) is 9.37. The molecule has 2 amide bonds. The van der Waals surface area contributed by atoms with Crippen LogP contribution in [0.5, 0.6) is 5.75 Å². The molecule has 0 aliphatic rings. The standard InChI is InChI=1S/C21H21FN4O4/c1-3-29-16-7-4-14(5-8-16)21-25-20(30-26-21)11-10-19(28)24-15-6-9-17(22)18(12-15)23-13(2)27/h4-9,12H,3,10-11H2,1-2H3,(H,23,27)(H,24,28). The fourth-order valence-electron chi connectivity index (χ4n) is 2.67. The van der Waals surface area contributed by atoms with Crippen LogP contribution in [0.4, 0.5) is 15.8 Å². The molecule has 0 unspecified atom stereocenters. The topological polar surface area (TPSA) is 106 Å². The Morgan fingerprint density at radius 3 is 2.60 bits per heavy atom. The summed E-state index contributed by atoms with van der Waals surface area (Å²) in [6.07, 6.45) is 0.341. The van der Waals surface area contributed by atoms with Crippen LogP contribution in [-0.2, 0) is 16.0 Å². The molecule has 0 aliphatic carbocycles. The molecule has 2 N–H and O–H groups in total. The number of nitrogens with zero attached hydrogens (tertiary/aromatic N) is 2. The van der Waals surface area contributed by atoms with E-state index in [2.05, 4.69) is 20.8 Å². The summed E-state index contributed by atoms with van der Waals surface area (Å²) in [6, 6.07) is 11.2. The van der Waals surface area contributed by atoms with Gasteiger partial charge in [-0.25, -0.2) is 4.39 Å². The van der Waals surface area contributed by atoms with Crippen LogP contribution in [0.2, 0.25) is 0 Å². The molecular weight excluding hydrogens is 391 g/mol. The van der Waals surface area contributed by atoms with Gasteiger partial charge in [0.2, 0.25) is 23.5 Å². The summed E-state index contributed by atoms with van der Waals surface area (Å²) in [7, 11) is 0. The molecule has 0 aliphatic heterocycles. The Balaban J connectivity index is 1.56. The van der Waals surface area contributed by atoms with Gasteiger partial charge in [0.25, 0.3) is 0 Å². The van der Waals surface area contributed by atoms with Crippen molar-refractivity contribution in [2.45, 2.75) is 26.7 Å². The quantitative estimate of drug-likeness (QED) is 0.583. The van der Waals surface area contributed by atoms with E-state index >= 15 is 0 Å². The van der Waals surface area contributed by atoms with Gasteiger partial charge in [0.05, 0.1) is 12.3 Å². The fraction of sp³-hybridized carbons (Fsp3) is 0.238. The van der Waals surface area contributed by atoms with Crippen molar-refractivity contribution in [3.05, 3.63) is 54.2 Å². The molecular formula is C21H21FN4O4. The number of benzene rings is 2. The van der Waals surface area contributed by atoms with Crippen LogP contribution < -0.4 is 15.4 Å². The first-order valence-electron chi connectivity index (χ1n) is 9.37. The van der Waals surface area contributed by atoms with Crippen molar-refractivity contribution in [2.24, 2.45) is 0 Å². The number of halogens is 1. The Morgan fingerprint density at radius 2 is 1.90 bits per heavy atom. The van der Waals surface area contributed by atoms with Crippen LogP contribution in [0.3, 0.4) is 0 Å². The minimum absolute atomic E-state index is 0.00259. The van der Waals surface area contributed by atoms with Crippen molar-refractivity contribution >= 4 is 23.2 Å². The summed E-state index contributed by atoms with van der Waals surface area (Å²) in [5.74, 6) is 0.201. The summed E-state index contributed by atoms with van der Waals surface area (Å²) < 4.78 is 24.3. The first-order chi connectivity index (χ1) is 14.4. The van der Waals surface area contributed by atoms with Crippen molar-refractivity contribution < 1.29 is 23.2 Å². The summed E-state index contributed by atoms with van der Waals surface area (Å²) in [5.41, 5.74) is 1.14. The molecule has 9 heteroatoms. The van der Waals surface area contributed by atoms with Crippen LogP contribution in [0.25, 0.3) is 11.4 Å². The lowest BCUT2D eigenvalue weighted by Crippen LogP contribution is -2.13. The molecule has 8 nitrogen and oxygen atoms in total. The second-order valence-corrected chi connectivity index (χ2v) is 6.39. The Morgan fingerprint density at radius 1 is 1.13 bits per heavy atom. The van der Waals surface area contributed by atoms with Gasteiger partial charge < -0.3 is 19.9 Å². The second kappa shape index (κ2) is 9.64. The summed E-state index contributed by atoms with van der Waals surface area (Å²) >= 11 is 0. The molecule has 3 aromatic rings. The minimum atomic E-state index is -0.587. The van der Waals surface area contributed by atoms with E-state index in [1.807, 2.05) is 31.2 Å². The number of anilines is 2. The molecule has 0 spiro atoms. The third-order valence-corrected chi connectivity index (χ3v) is 4.02. The van der Waals surface area contributed by atoms with Gasteiger partial charge >= 0.3 is 0 Å². The lowest BCUT2D eigenvalue weighted by atomic mass is 10.2. The number of amides is 2. The van der Waals surface area contributed by atoms with E-state index in [1.54, 1.807) is 0 Å². The van der Waals surface area contributed by atoms with Crippen LogP contribution in [0.1, 0.15) is 26.2 Å². The molecule has 2 aromatic carbocycles. The zero-order valence-corrected chi connectivity index (χ0v) is 16.6. The highest BCUT2D eigenvalue weighted by Gasteiger charge is 2.12. The Bertz CT molecular complexity index is 1030. The lowest BCUT2D eigenvalue weighted by molar-refractivity contribution is -0.116. The lowest BCUT2D eigenvalue weighted by Gasteiger charge is -2.08. The maximum absolute atomic E-state index is 13.7. The van der Waals surface area contributed by atoms with Gasteiger partial charge in [-0.15, -0.1) is 0 Å². The van der Waals surface area contributed by atoms with E-state index in [0.717, 1.165) is 11.3 Å². The zero-order chi connectivity index (χ0) is 21.5. The van der Waals surface area contributed by atoms with Gasteiger partial charge in [-0.05, 0) is 49.4 Å². The van der Waals surface area contributed by atoms with Crippen LogP contribution in [0, 0.1) is 5.82 Å². The van der Waals surface area contributed by atoms with E-state index in [4.69, 9.17) is 9.26 Å². The SMILES string of the molecule is CCOc1ccc(-c2noc(CCC(=O)Nc3ccc(F)c(NC(C)=O)c3)n2)cc1. The van der Waals surface area contributed by atoms with Crippen molar-refractivity contribution in [2.75, 3.05) is 17.2 Å². The third-order valence-electron chi connectivity index (χ3n) is 4.02. The molecule has 156 valence electrons. The van der Waals surface area contributed by atoms with E-state index in [0.29, 0.717) is 24.0 Å². The average Bonchev–Trinajstić information content (AvgIpc) is 3.18. The summed E-state index contributed by atoms with van der Waals surface area (Å²) in [4.78, 5) is 27.6. The van der Waals surface area contributed by atoms with E-state index in [-0.39, 0.29) is 24.4 Å². The van der Waals surface area contributed by atoms with Crippen LogP contribution in [0.15, 0.2) is 47.0 Å². The number of carbonyl (C=O) groups excluding carboxylic acids is 2. The molecule has 0 bridgehead atoms. The Labute approximate surface area is 172 Å². The highest BCUT2D eigenvalue weighted by Crippen LogP contribution is 2.21. The normalized spacial score (nSPS) is 10.5. The number of hydrogen-bond donors (Lipinski definition) is 2. The predicted octanol–water partition coefficient (Wildman–Crippen LogP) is 3.80. The van der Waals surface area contributed by atoms with Gasteiger partial charge in [-0.3, -0.25) is 9.59 Å². The highest BCUT2D eigenvalue weighted by atomic mass is 19.1. The smallest absolute Gasteiger partial charge is 0.227 e. The van der Waals surface area contributed by atoms with Crippen LogP contribution in [-0.4, -0.2) is 28.6 Å². The molecule has 0 fully saturated rings. The zero-order valence-electron chi connectivity index (χ0n) is 16.6. The van der Waals surface area contributed by atoms with E-state index in [1.165, 1.54) is 25.1 Å². The van der Waals surface area contributed by atoms with E-state index < -0.39 is 11.7 Å². The van der Waals surface area contributed by atoms with Gasteiger partial charge in [0.15, 0.2) is 0 Å². The Kier molecular flexibility index (Phi) is 6.74. The Hall–Kier alpha value is -3.75. The second-order valence-electron chi connectivity index (χ2n) is 6.39. The largest absolute Gasteiger partial charge is 0.494 e. The summed E-state index contributed by atoms with van der Waals surface area (Å²) in [6.45, 7) is 3.77. The molecule has 1 heterocycles.